The van der Waals surface area contributed by atoms with Crippen LogP contribution in [0.25, 0.3) is 0 Å². The van der Waals surface area contributed by atoms with E-state index in [2.05, 4.69) is 17.6 Å². The van der Waals surface area contributed by atoms with Crippen LogP contribution in [0.3, 0.4) is 0 Å². The third kappa shape index (κ3) is 1.49. The average Bonchev–Trinajstić information content (AvgIpc) is 2.89. The number of likely N-dealkylation sites (tertiary alicyclic amines) is 1. The van der Waals surface area contributed by atoms with Crippen molar-refractivity contribution in [2.75, 3.05) is 13.1 Å². The number of ether oxygens (including phenoxy) is 1. The Morgan fingerprint density at radius 3 is 3.09 bits per heavy atom. The van der Waals surface area contributed by atoms with Crippen molar-refractivity contribution in [3.63, 3.8) is 0 Å². The van der Waals surface area contributed by atoms with Gasteiger partial charge in [-0.3, -0.25) is 4.90 Å². The molecule has 0 aromatic heterocycles. The molecule has 4 aliphatic rings. The summed E-state index contributed by atoms with van der Waals surface area (Å²) in [5.74, 6) is 1.13. The highest BCUT2D eigenvalue weighted by atomic mass is 16.5. The number of piperidine rings is 1. The molecule has 5 rings (SSSR count). The fraction of sp³-hybridized carbons (Fsp3) is 0.474. The van der Waals surface area contributed by atoms with Crippen molar-refractivity contribution in [3.8, 4) is 11.5 Å². The van der Waals surface area contributed by atoms with Crippen LogP contribution in [0, 0.1) is 5.92 Å². The zero-order chi connectivity index (χ0) is 15.8. The molecule has 0 amide bonds. The number of hydrogen-bond donors (Lipinski definition) is 2. The Labute approximate surface area is 135 Å². The van der Waals surface area contributed by atoms with Gasteiger partial charge in [-0.25, -0.2) is 0 Å². The van der Waals surface area contributed by atoms with E-state index in [0.717, 1.165) is 31.5 Å². The van der Waals surface area contributed by atoms with Crippen LogP contribution in [0.2, 0.25) is 0 Å². The normalized spacial score (nSPS) is 39.7. The van der Waals surface area contributed by atoms with Crippen molar-refractivity contribution in [1.29, 1.82) is 0 Å². The summed E-state index contributed by atoms with van der Waals surface area (Å²) in [6.45, 7) is 5.76. The summed E-state index contributed by atoms with van der Waals surface area (Å²) in [5.41, 5.74) is 2.22. The van der Waals surface area contributed by atoms with E-state index in [1.807, 2.05) is 18.2 Å². The molecule has 1 aromatic carbocycles. The molecule has 120 valence electrons. The molecule has 1 saturated heterocycles. The summed E-state index contributed by atoms with van der Waals surface area (Å²) in [7, 11) is 0. The van der Waals surface area contributed by atoms with Crippen molar-refractivity contribution < 1.29 is 14.9 Å². The van der Waals surface area contributed by atoms with E-state index >= 15 is 0 Å². The zero-order valence-corrected chi connectivity index (χ0v) is 13.0. The minimum absolute atomic E-state index is 0.196. The number of aromatic hydroxyl groups is 1. The Kier molecular flexibility index (Phi) is 2.61. The standard InChI is InChI=1S/C19H21NO3/c1-2-8-20-9-7-19-12-4-6-15(22)18(19)23-17-14(21)5-3-11(16(17)19)10-13(12)20/h2-6,12-13,15,18,21-22H,1,7-10H2/t12-,13?,15-,18-,19-/m0/s1. The first-order chi connectivity index (χ1) is 11.2. The van der Waals surface area contributed by atoms with Gasteiger partial charge in [0.25, 0.3) is 0 Å². The zero-order valence-electron chi connectivity index (χ0n) is 13.0. The molecule has 0 saturated carbocycles. The lowest BCUT2D eigenvalue weighted by molar-refractivity contribution is -0.0488. The van der Waals surface area contributed by atoms with E-state index in [-0.39, 0.29) is 17.3 Å². The molecule has 2 bridgehead atoms. The van der Waals surface area contributed by atoms with E-state index in [0.29, 0.717) is 17.7 Å². The van der Waals surface area contributed by atoms with Crippen molar-refractivity contribution >= 4 is 0 Å². The van der Waals surface area contributed by atoms with Crippen LogP contribution in [-0.2, 0) is 11.8 Å². The van der Waals surface area contributed by atoms with Gasteiger partial charge in [0.2, 0.25) is 0 Å². The highest BCUT2D eigenvalue weighted by Crippen LogP contribution is 2.62. The highest BCUT2D eigenvalue weighted by Gasteiger charge is 2.64. The minimum atomic E-state index is -0.615. The van der Waals surface area contributed by atoms with Gasteiger partial charge in [-0.15, -0.1) is 6.58 Å². The quantitative estimate of drug-likeness (QED) is 0.817. The summed E-state index contributed by atoms with van der Waals surface area (Å²) >= 11 is 0. The molecule has 1 spiro atoms. The highest BCUT2D eigenvalue weighted by molar-refractivity contribution is 5.61. The first kappa shape index (κ1) is 13.6. The molecular weight excluding hydrogens is 290 g/mol. The fourth-order valence-electron chi connectivity index (χ4n) is 5.52. The fourth-order valence-corrected chi connectivity index (χ4v) is 5.52. The van der Waals surface area contributed by atoms with Crippen LogP contribution in [0.1, 0.15) is 17.5 Å². The topological polar surface area (TPSA) is 52.9 Å². The summed E-state index contributed by atoms with van der Waals surface area (Å²) in [5, 5.41) is 20.8. The molecular formula is C19H21NO3. The Morgan fingerprint density at radius 2 is 2.26 bits per heavy atom. The van der Waals surface area contributed by atoms with Crippen LogP contribution in [0.15, 0.2) is 36.9 Å². The second-order valence-electron chi connectivity index (χ2n) is 7.23. The monoisotopic (exact) mass is 311 g/mol. The molecule has 1 aromatic rings. The van der Waals surface area contributed by atoms with Gasteiger partial charge >= 0.3 is 0 Å². The number of phenolic OH excluding ortho intramolecular Hbond substituents is 1. The van der Waals surface area contributed by atoms with E-state index in [4.69, 9.17) is 4.74 Å². The van der Waals surface area contributed by atoms with Crippen LogP contribution in [0.5, 0.6) is 11.5 Å². The first-order valence-electron chi connectivity index (χ1n) is 8.40. The van der Waals surface area contributed by atoms with Crippen LogP contribution < -0.4 is 4.74 Å². The Hall–Kier alpha value is -1.78. The maximum Gasteiger partial charge on any atom is 0.165 e. The van der Waals surface area contributed by atoms with Crippen molar-refractivity contribution in [2.24, 2.45) is 5.92 Å². The molecule has 2 N–H and O–H groups in total. The Balaban J connectivity index is 1.76. The summed E-state index contributed by atoms with van der Waals surface area (Å²) in [6.07, 6.45) is 7.04. The maximum absolute atomic E-state index is 10.5. The van der Waals surface area contributed by atoms with E-state index < -0.39 is 6.10 Å². The van der Waals surface area contributed by atoms with Crippen molar-refractivity contribution in [3.05, 3.63) is 48.1 Å². The van der Waals surface area contributed by atoms with Gasteiger partial charge in [0.05, 0.1) is 0 Å². The molecule has 1 unspecified atom stereocenters. The molecule has 4 heteroatoms. The van der Waals surface area contributed by atoms with Gasteiger partial charge in [0, 0.05) is 29.5 Å². The van der Waals surface area contributed by atoms with Crippen LogP contribution in [0.4, 0.5) is 0 Å². The molecule has 5 atom stereocenters. The van der Waals surface area contributed by atoms with Crippen LogP contribution in [-0.4, -0.2) is 46.5 Å². The Morgan fingerprint density at radius 1 is 1.39 bits per heavy atom. The maximum atomic E-state index is 10.5. The van der Waals surface area contributed by atoms with Gasteiger partial charge in [-0.2, -0.15) is 0 Å². The number of phenols is 1. The largest absolute Gasteiger partial charge is 0.504 e. The number of rotatable bonds is 2. The SMILES string of the molecule is C=CCN1CC[C@]23c4c5ccc(O)c4O[C@H]2[C@@H](O)C=C[C@H]3C1C5. The van der Waals surface area contributed by atoms with Gasteiger partial charge in [0.15, 0.2) is 11.5 Å². The summed E-state index contributed by atoms with van der Waals surface area (Å²) < 4.78 is 6.13. The first-order valence-corrected chi connectivity index (χ1v) is 8.40. The number of aliphatic hydroxyl groups excluding tert-OH is 1. The Bertz CT molecular complexity index is 728. The van der Waals surface area contributed by atoms with E-state index in [1.165, 1.54) is 5.56 Å². The smallest absolute Gasteiger partial charge is 0.165 e. The second kappa shape index (κ2) is 4.40. The lowest BCUT2D eigenvalue weighted by Crippen LogP contribution is -2.65. The molecule has 2 aliphatic heterocycles. The predicted molar refractivity (Wildman–Crippen MR) is 86.7 cm³/mol. The molecule has 0 radical (unpaired) electrons. The van der Waals surface area contributed by atoms with E-state index in [1.54, 1.807) is 6.07 Å². The number of nitrogens with zero attached hydrogens (tertiary/aromatic N) is 1. The number of benzene rings is 1. The summed E-state index contributed by atoms with van der Waals surface area (Å²) in [6, 6.07) is 4.17. The predicted octanol–water partition coefficient (Wildman–Crippen LogP) is 1.75. The molecule has 4 nitrogen and oxygen atoms in total. The molecule has 2 heterocycles. The number of hydrogen-bond acceptors (Lipinski definition) is 4. The van der Waals surface area contributed by atoms with Gasteiger partial charge in [0.1, 0.15) is 12.2 Å². The summed E-state index contributed by atoms with van der Waals surface area (Å²) in [4.78, 5) is 2.50. The molecule has 1 fully saturated rings. The molecule has 2 aliphatic carbocycles. The average molecular weight is 311 g/mol. The van der Waals surface area contributed by atoms with Gasteiger partial charge in [-0.1, -0.05) is 24.3 Å². The van der Waals surface area contributed by atoms with Gasteiger partial charge < -0.3 is 14.9 Å². The van der Waals surface area contributed by atoms with E-state index in [9.17, 15) is 10.2 Å². The second-order valence-corrected chi connectivity index (χ2v) is 7.23. The lowest BCUT2D eigenvalue weighted by atomic mass is 9.53. The number of aliphatic hydroxyl groups is 1. The van der Waals surface area contributed by atoms with Gasteiger partial charge in [-0.05, 0) is 31.0 Å². The van der Waals surface area contributed by atoms with Crippen molar-refractivity contribution in [1.82, 2.24) is 4.90 Å². The van der Waals surface area contributed by atoms with Crippen molar-refractivity contribution in [2.45, 2.75) is 36.5 Å². The third-order valence-electron chi connectivity index (χ3n) is 6.35. The minimum Gasteiger partial charge on any atom is -0.504 e. The lowest BCUT2D eigenvalue weighted by Gasteiger charge is -2.57. The molecule has 23 heavy (non-hydrogen) atoms. The van der Waals surface area contributed by atoms with Crippen LogP contribution >= 0.6 is 0 Å². The third-order valence-corrected chi connectivity index (χ3v) is 6.35.